The molecule has 7 heteroatoms. The molecule has 31 heavy (non-hydrogen) atoms. The maximum absolute atomic E-state index is 5.68. The third-order valence-corrected chi connectivity index (χ3v) is 5.11. The zero-order valence-electron chi connectivity index (χ0n) is 18.8. The number of nitrogens with zero attached hydrogens (tertiary/aromatic N) is 2. The highest BCUT2D eigenvalue weighted by Gasteiger charge is 2.22. The normalized spacial score (nSPS) is 13.6. The summed E-state index contributed by atoms with van der Waals surface area (Å²) in [7, 11) is 3.44. The fourth-order valence-corrected chi connectivity index (χ4v) is 3.14. The first kappa shape index (κ1) is 22.7. The molecule has 3 rings (SSSR count). The van der Waals surface area contributed by atoms with Crippen molar-refractivity contribution < 1.29 is 14.2 Å². The minimum Gasteiger partial charge on any atom is -0.493 e. The van der Waals surface area contributed by atoms with Gasteiger partial charge < -0.3 is 24.8 Å². The van der Waals surface area contributed by atoms with Gasteiger partial charge in [-0.15, -0.1) is 0 Å². The van der Waals surface area contributed by atoms with Crippen LogP contribution in [0.4, 0.5) is 0 Å². The average Bonchev–Trinajstić information content (AvgIpc) is 3.63. The number of ether oxygens (including phenoxy) is 3. The Bertz CT molecular complexity index is 835. The monoisotopic (exact) mass is 426 g/mol. The van der Waals surface area contributed by atoms with Crippen molar-refractivity contribution in [3.05, 3.63) is 47.7 Å². The first-order valence-electron chi connectivity index (χ1n) is 11.0. The van der Waals surface area contributed by atoms with E-state index < -0.39 is 0 Å². The summed E-state index contributed by atoms with van der Waals surface area (Å²) in [5.41, 5.74) is 2.31. The molecule has 0 aliphatic heterocycles. The Morgan fingerprint density at radius 1 is 1.10 bits per heavy atom. The van der Waals surface area contributed by atoms with Gasteiger partial charge in [0.1, 0.15) is 0 Å². The molecule has 0 saturated heterocycles. The van der Waals surface area contributed by atoms with Crippen molar-refractivity contribution in [3.63, 3.8) is 0 Å². The van der Waals surface area contributed by atoms with Gasteiger partial charge >= 0.3 is 0 Å². The van der Waals surface area contributed by atoms with E-state index in [9.17, 15) is 0 Å². The molecule has 0 unspecified atom stereocenters. The molecule has 7 nitrogen and oxygen atoms in total. The van der Waals surface area contributed by atoms with E-state index in [2.05, 4.69) is 32.7 Å². The van der Waals surface area contributed by atoms with Crippen molar-refractivity contribution in [2.45, 2.75) is 39.2 Å². The lowest BCUT2D eigenvalue weighted by atomic mass is 10.1. The maximum atomic E-state index is 5.68. The van der Waals surface area contributed by atoms with Gasteiger partial charge in [-0.25, -0.2) is 4.98 Å². The van der Waals surface area contributed by atoms with Gasteiger partial charge in [-0.3, -0.25) is 4.99 Å². The number of aliphatic imine (C=N–C) groups is 1. The molecule has 2 N–H and O–H groups in total. The molecule has 0 atom stereocenters. The van der Waals surface area contributed by atoms with Crippen LogP contribution in [0.15, 0.2) is 41.5 Å². The van der Waals surface area contributed by atoms with Gasteiger partial charge in [0, 0.05) is 32.4 Å². The van der Waals surface area contributed by atoms with Crippen LogP contribution in [0.2, 0.25) is 0 Å². The maximum Gasteiger partial charge on any atom is 0.213 e. The molecule has 1 fully saturated rings. The standard InChI is InChI=1S/C24H34N4O3/c1-4-30-22-14-18(9-11-21(22)29-3)6-5-13-26-24(25-2)28-16-20-10-12-23(27-15-20)31-17-19-7-8-19/h9-12,14-15,19H,4-8,13,16-17H2,1-3H3,(H2,25,26,28). The van der Waals surface area contributed by atoms with Crippen molar-refractivity contribution in [3.8, 4) is 17.4 Å². The summed E-state index contributed by atoms with van der Waals surface area (Å²) in [6.07, 6.45) is 6.33. The molecule has 0 amide bonds. The highest BCUT2D eigenvalue weighted by Crippen LogP contribution is 2.29. The van der Waals surface area contributed by atoms with Crippen LogP contribution in [0.1, 0.15) is 37.3 Å². The van der Waals surface area contributed by atoms with Gasteiger partial charge in [-0.1, -0.05) is 12.1 Å². The summed E-state index contributed by atoms with van der Waals surface area (Å²) in [5.74, 6) is 3.77. The Morgan fingerprint density at radius 2 is 1.94 bits per heavy atom. The summed E-state index contributed by atoms with van der Waals surface area (Å²) in [4.78, 5) is 8.68. The van der Waals surface area contributed by atoms with Crippen LogP contribution >= 0.6 is 0 Å². The Labute approximate surface area is 185 Å². The molecule has 1 aliphatic rings. The minimum atomic E-state index is 0.620. The van der Waals surface area contributed by atoms with Crippen LogP contribution in [0.25, 0.3) is 0 Å². The number of nitrogens with one attached hydrogen (secondary N) is 2. The van der Waals surface area contributed by atoms with Gasteiger partial charge in [0.05, 0.1) is 20.3 Å². The molecule has 1 aromatic carbocycles. The van der Waals surface area contributed by atoms with Gasteiger partial charge in [0.15, 0.2) is 17.5 Å². The van der Waals surface area contributed by atoms with E-state index in [1.165, 1.54) is 18.4 Å². The van der Waals surface area contributed by atoms with Crippen LogP contribution in [-0.2, 0) is 13.0 Å². The minimum absolute atomic E-state index is 0.620. The van der Waals surface area contributed by atoms with E-state index in [1.54, 1.807) is 14.2 Å². The Morgan fingerprint density at radius 3 is 2.61 bits per heavy atom. The molecule has 0 spiro atoms. The lowest BCUT2D eigenvalue weighted by molar-refractivity contribution is 0.288. The average molecular weight is 427 g/mol. The van der Waals surface area contributed by atoms with Crippen molar-refractivity contribution in [2.24, 2.45) is 10.9 Å². The van der Waals surface area contributed by atoms with E-state index in [-0.39, 0.29) is 0 Å². The number of aromatic nitrogens is 1. The molecule has 0 bridgehead atoms. The SMILES string of the molecule is CCOc1cc(CCCNC(=NC)NCc2ccc(OCC3CC3)nc2)ccc1OC. The number of hydrogen-bond donors (Lipinski definition) is 2. The van der Waals surface area contributed by atoms with Gasteiger partial charge in [0.2, 0.25) is 5.88 Å². The molecular formula is C24H34N4O3. The fourth-order valence-electron chi connectivity index (χ4n) is 3.14. The van der Waals surface area contributed by atoms with Crippen molar-refractivity contribution in [2.75, 3.05) is 33.9 Å². The highest BCUT2D eigenvalue weighted by molar-refractivity contribution is 5.79. The van der Waals surface area contributed by atoms with E-state index >= 15 is 0 Å². The smallest absolute Gasteiger partial charge is 0.213 e. The van der Waals surface area contributed by atoms with Crippen LogP contribution in [0.3, 0.4) is 0 Å². The summed E-state index contributed by atoms with van der Waals surface area (Å²) >= 11 is 0. The second-order valence-electron chi connectivity index (χ2n) is 7.63. The molecular weight excluding hydrogens is 392 g/mol. The first-order chi connectivity index (χ1) is 15.2. The summed E-state index contributed by atoms with van der Waals surface area (Å²) in [6, 6.07) is 10.1. The van der Waals surface area contributed by atoms with Crippen LogP contribution in [-0.4, -0.2) is 44.9 Å². The number of hydrogen-bond acceptors (Lipinski definition) is 5. The molecule has 1 aromatic heterocycles. The fraction of sp³-hybridized carbons (Fsp3) is 0.500. The van der Waals surface area contributed by atoms with Crippen molar-refractivity contribution in [1.29, 1.82) is 0 Å². The highest BCUT2D eigenvalue weighted by atomic mass is 16.5. The number of pyridine rings is 1. The van der Waals surface area contributed by atoms with Gasteiger partial charge in [-0.05, 0) is 61.8 Å². The van der Waals surface area contributed by atoms with Crippen molar-refractivity contribution >= 4 is 5.96 Å². The Hall–Kier alpha value is -2.96. The summed E-state index contributed by atoms with van der Waals surface area (Å²) < 4.78 is 16.7. The van der Waals surface area contributed by atoms with E-state index in [0.717, 1.165) is 54.9 Å². The molecule has 168 valence electrons. The largest absolute Gasteiger partial charge is 0.493 e. The van der Waals surface area contributed by atoms with Crippen LogP contribution in [0, 0.1) is 5.92 Å². The van der Waals surface area contributed by atoms with Crippen molar-refractivity contribution in [1.82, 2.24) is 15.6 Å². The Kier molecular flexibility index (Phi) is 8.82. The van der Waals surface area contributed by atoms with Crippen LogP contribution < -0.4 is 24.8 Å². The molecule has 1 heterocycles. The molecule has 2 aromatic rings. The van der Waals surface area contributed by atoms with Crippen LogP contribution in [0.5, 0.6) is 17.4 Å². The molecule has 0 radical (unpaired) electrons. The second kappa shape index (κ2) is 12.0. The number of guanidine groups is 1. The predicted molar refractivity (Wildman–Crippen MR) is 123 cm³/mol. The number of benzene rings is 1. The lowest BCUT2D eigenvalue weighted by Crippen LogP contribution is -2.37. The lowest BCUT2D eigenvalue weighted by Gasteiger charge is -2.13. The van der Waals surface area contributed by atoms with Gasteiger partial charge in [-0.2, -0.15) is 0 Å². The number of rotatable bonds is 12. The van der Waals surface area contributed by atoms with E-state index in [0.29, 0.717) is 19.0 Å². The molecule has 1 saturated carbocycles. The van der Waals surface area contributed by atoms with E-state index in [4.69, 9.17) is 14.2 Å². The first-order valence-corrected chi connectivity index (χ1v) is 11.0. The van der Waals surface area contributed by atoms with E-state index in [1.807, 2.05) is 31.3 Å². The summed E-state index contributed by atoms with van der Waals surface area (Å²) in [5, 5.41) is 6.69. The topological polar surface area (TPSA) is 77.0 Å². The third-order valence-electron chi connectivity index (χ3n) is 5.11. The third kappa shape index (κ3) is 7.66. The second-order valence-corrected chi connectivity index (χ2v) is 7.63. The van der Waals surface area contributed by atoms with Gasteiger partial charge in [0.25, 0.3) is 0 Å². The quantitative estimate of drug-likeness (QED) is 0.307. The predicted octanol–water partition coefficient (Wildman–Crippen LogP) is 3.58. The number of aryl methyl sites for hydroxylation is 1. The zero-order valence-corrected chi connectivity index (χ0v) is 18.8. The summed E-state index contributed by atoms with van der Waals surface area (Å²) in [6.45, 7) is 4.86. The Balaban J connectivity index is 1.37. The number of methoxy groups -OCH3 is 1. The molecule has 1 aliphatic carbocycles. The zero-order chi connectivity index (χ0) is 21.9.